The Morgan fingerprint density at radius 1 is 1.08 bits per heavy atom. The molecule has 1 saturated heterocycles. The van der Waals surface area contributed by atoms with E-state index in [2.05, 4.69) is 5.32 Å². The molecule has 0 spiro atoms. The van der Waals surface area contributed by atoms with Gasteiger partial charge in [0.15, 0.2) is 0 Å². The average Bonchev–Trinajstić information content (AvgIpc) is 2.65. The molecule has 1 aromatic rings. The Labute approximate surface area is 142 Å². The molecule has 2 rings (SSSR count). The highest BCUT2D eigenvalue weighted by atomic mass is 16.5. The number of carbonyl (C=O) groups excluding carboxylic acids is 2. The molecule has 1 aliphatic heterocycles. The third-order valence-corrected chi connectivity index (χ3v) is 4.13. The van der Waals surface area contributed by atoms with Gasteiger partial charge in [-0.2, -0.15) is 0 Å². The Balaban J connectivity index is 1.83. The van der Waals surface area contributed by atoms with Gasteiger partial charge in [0.1, 0.15) is 5.75 Å². The first-order valence-corrected chi connectivity index (χ1v) is 8.04. The van der Waals surface area contributed by atoms with E-state index in [1.165, 1.54) is 0 Å². The van der Waals surface area contributed by atoms with Gasteiger partial charge in [-0.25, -0.2) is 4.79 Å². The Kier molecular flexibility index (Phi) is 6.43. The highest BCUT2D eigenvalue weighted by Gasteiger charge is 2.24. The van der Waals surface area contributed by atoms with Gasteiger partial charge in [-0.15, -0.1) is 0 Å². The largest absolute Gasteiger partial charge is 0.497 e. The molecule has 1 fully saturated rings. The number of piperazine rings is 1. The minimum Gasteiger partial charge on any atom is -0.497 e. The summed E-state index contributed by atoms with van der Waals surface area (Å²) in [5.74, 6) is 0.698. The van der Waals surface area contributed by atoms with Gasteiger partial charge in [0, 0.05) is 45.4 Å². The van der Waals surface area contributed by atoms with Crippen LogP contribution in [0.2, 0.25) is 0 Å². The smallest absolute Gasteiger partial charge is 0.317 e. The zero-order valence-electron chi connectivity index (χ0n) is 14.4. The molecule has 1 heterocycles. The van der Waals surface area contributed by atoms with Gasteiger partial charge in [-0.1, -0.05) is 0 Å². The van der Waals surface area contributed by atoms with E-state index in [0.717, 1.165) is 5.75 Å². The minimum absolute atomic E-state index is 0.0214. The molecule has 7 heteroatoms. The maximum atomic E-state index is 12.5. The first-order valence-electron chi connectivity index (χ1n) is 8.04. The van der Waals surface area contributed by atoms with Gasteiger partial charge in [-0.3, -0.25) is 4.79 Å². The first kappa shape index (κ1) is 18.1. The van der Waals surface area contributed by atoms with Crippen LogP contribution >= 0.6 is 0 Å². The van der Waals surface area contributed by atoms with Crippen molar-refractivity contribution in [3.8, 4) is 5.75 Å². The van der Waals surface area contributed by atoms with Crippen LogP contribution in [0.15, 0.2) is 24.3 Å². The fraction of sp³-hybridized carbons (Fsp3) is 0.529. The molecule has 0 bridgehead atoms. The van der Waals surface area contributed by atoms with E-state index in [-0.39, 0.29) is 18.0 Å². The second-order valence-corrected chi connectivity index (χ2v) is 5.74. The lowest BCUT2D eigenvalue weighted by molar-refractivity contribution is 0.0660. The molecule has 1 unspecified atom stereocenters. The Morgan fingerprint density at radius 3 is 2.21 bits per heavy atom. The third-order valence-electron chi connectivity index (χ3n) is 4.13. The minimum atomic E-state index is -0.115. The van der Waals surface area contributed by atoms with Crippen molar-refractivity contribution in [2.24, 2.45) is 0 Å². The number of urea groups is 1. The van der Waals surface area contributed by atoms with E-state index < -0.39 is 0 Å². The van der Waals surface area contributed by atoms with Crippen molar-refractivity contribution in [2.45, 2.75) is 13.0 Å². The third kappa shape index (κ3) is 4.61. The van der Waals surface area contributed by atoms with Crippen LogP contribution in [0, 0.1) is 0 Å². The number of rotatable bonds is 5. The van der Waals surface area contributed by atoms with E-state index in [1.807, 2.05) is 6.92 Å². The van der Waals surface area contributed by atoms with Crippen LogP contribution in [0.25, 0.3) is 0 Å². The number of methoxy groups -OCH3 is 2. The molecule has 1 atom stereocenters. The fourth-order valence-electron chi connectivity index (χ4n) is 2.45. The molecule has 0 radical (unpaired) electrons. The van der Waals surface area contributed by atoms with Gasteiger partial charge in [0.05, 0.1) is 13.2 Å². The Morgan fingerprint density at radius 2 is 1.67 bits per heavy atom. The summed E-state index contributed by atoms with van der Waals surface area (Å²) in [6.45, 7) is 4.46. The SMILES string of the molecule is COc1ccc(C(=O)N2CCN(C(=O)NCC(C)OC)CC2)cc1. The molecule has 3 amide bonds. The van der Waals surface area contributed by atoms with Crippen LogP contribution in [0.4, 0.5) is 4.79 Å². The summed E-state index contributed by atoms with van der Waals surface area (Å²) >= 11 is 0. The van der Waals surface area contributed by atoms with E-state index in [1.54, 1.807) is 48.3 Å². The molecular weight excluding hydrogens is 310 g/mol. The van der Waals surface area contributed by atoms with E-state index in [0.29, 0.717) is 38.3 Å². The summed E-state index contributed by atoms with van der Waals surface area (Å²) in [6.07, 6.45) is -0.0214. The summed E-state index contributed by atoms with van der Waals surface area (Å²) in [5, 5.41) is 2.84. The van der Waals surface area contributed by atoms with Crippen molar-refractivity contribution in [3.63, 3.8) is 0 Å². The molecule has 0 aliphatic carbocycles. The van der Waals surface area contributed by atoms with Crippen LogP contribution in [-0.2, 0) is 4.74 Å². The highest BCUT2D eigenvalue weighted by molar-refractivity contribution is 5.94. The first-order chi connectivity index (χ1) is 11.5. The highest BCUT2D eigenvalue weighted by Crippen LogP contribution is 2.14. The average molecular weight is 335 g/mol. The summed E-state index contributed by atoms with van der Waals surface area (Å²) in [4.78, 5) is 28.0. The van der Waals surface area contributed by atoms with Crippen LogP contribution in [0.3, 0.4) is 0 Å². The molecule has 24 heavy (non-hydrogen) atoms. The quantitative estimate of drug-likeness (QED) is 0.878. The summed E-state index contributed by atoms with van der Waals surface area (Å²) in [5.41, 5.74) is 0.627. The molecule has 7 nitrogen and oxygen atoms in total. The predicted molar refractivity (Wildman–Crippen MR) is 90.3 cm³/mol. The molecule has 1 N–H and O–H groups in total. The van der Waals surface area contributed by atoms with Gasteiger partial charge in [0.2, 0.25) is 0 Å². The Hall–Kier alpha value is -2.28. The van der Waals surface area contributed by atoms with Gasteiger partial charge in [-0.05, 0) is 31.2 Å². The summed E-state index contributed by atoms with van der Waals surface area (Å²) in [6, 6.07) is 6.94. The predicted octanol–water partition coefficient (Wildman–Crippen LogP) is 1.20. The molecule has 1 aliphatic rings. The monoisotopic (exact) mass is 335 g/mol. The lowest BCUT2D eigenvalue weighted by atomic mass is 10.1. The fourth-order valence-corrected chi connectivity index (χ4v) is 2.45. The number of carbonyl (C=O) groups is 2. The van der Waals surface area contributed by atoms with E-state index >= 15 is 0 Å². The molecule has 132 valence electrons. The standard InChI is InChI=1S/C17H25N3O4/c1-13(23-2)12-18-17(22)20-10-8-19(9-11-20)16(21)14-4-6-15(24-3)7-5-14/h4-7,13H,8-12H2,1-3H3,(H,18,22). The maximum absolute atomic E-state index is 12.5. The number of amides is 3. The molecule has 1 aromatic carbocycles. The van der Waals surface area contributed by atoms with Crippen LogP contribution < -0.4 is 10.1 Å². The van der Waals surface area contributed by atoms with Crippen LogP contribution in [-0.4, -0.2) is 74.8 Å². The van der Waals surface area contributed by atoms with Crippen LogP contribution in [0.1, 0.15) is 17.3 Å². The van der Waals surface area contributed by atoms with Gasteiger partial charge >= 0.3 is 6.03 Å². The van der Waals surface area contributed by atoms with Crippen LogP contribution in [0.5, 0.6) is 5.75 Å². The number of nitrogens with zero attached hydrogens (tertiary/aromatic N) is 2. The molecule has 0 aromatic heterocycles. The van der Waals surface area contributed by atoms with Gasteiger partial charge < -0.3 is 24.6 Å². The van der Waals surface area contributed by atoms with Crippen molar-refractivity contribution in [1.82, 2.24) is 15.1 Å². The number of nitrogens with one attached hydrogen (secondary N) is 1. The van der Waals surface area contributed by atoms with E-state index in [4.69, 9.17) is 9.47 Å². The zero-order valence-corrected chi connectivity index (χ0v) is 14.4. The zero-order chi connectivity index (χ0) is 17.5. The number of benzene rings is 1. The maximum Gasteiger partial charge on any atom is 0.317 e. The lowest BCUT2D eigenvalue weighted by Gasteiger charge is -2.35. The van der Waals surface area contributed by atoms with E-state index in [9.17, 15) is 9.59 Å². The topological polar surface area (TPSA) is 71.1 Å². The normalized spacial score (nSPS) is 15.8. The second kappa shape index (κ2) is 8.54. The van der Waals surface area contributed by atoms with Crippen molar-refractivity contribution in [3.05, 3.63) is 29.8 Å². The number of ether oxygens (including phenoxy) is 2. The van der Waals surface area contributed by atoms with Crippen molar-refractivity contribution < 1.29 is 19.1 Å². The molecular formula is C17H25N3O4. The summed E-state index contributed by atoms with van der Waals surface area (Å²) < 4.78 is 10.2. The Bertz CT molecular complexity index is 553. The number of hydrogen-bond acceptors (Lipinski definition) is 4. The van der Waals surface area contributed by atoms with Gasteiger partial charge in [0.25, 0.3) is 5.91 Å². The number of hydrogen-bond donors (Lipinski definition) is 1. The summed E-state index contributed by atoms with van der Waals surface area (Å²) in [7, 11) is 3.20. The second-order valence-electron chi connectivity index (χ2n) is 5.74. The van der Waals surface area contributed by atoms with Crippen molar-refractivity contribution >= 4 is 11.9 Å². The molecule has 0 saturated carbocycles. The van der Waals surface area contributed by atoms with Crippen molar-refractivity contribution in [1.29, 1.82) is 0 Å². The van der Waals surface area contributed by atoms with Crippen molar-refractivity contribution in [2.75, 3.05) is 46.9 Å². The lowest BCUT2D eigenvalue weighted by Crippen LogP contribution is -2.53.